The lowest BCUT2D eigenvalue weighted by Crippen LogP contribution is -2.45. The fourth-order valence-corrected chi connectivity index (χ4v) is 3.30. The lowest BCUT2D eigenvalue weighted by molar-refractivity contribution is -0.121. The van der Waals surface area contributed by atoms with Crippen LogP contribution in [0, 0.1) is 17.3 Å². The molecule has 3 nitrogen and oxygen atoms in total. The molecule has 0 aliphatic heterocycles. The second kappa shape index (κ2) is 4.47. The molecule has 0 unspecified atom stereocenters. The van der Waals surface area contributed by atoms with Gasteiger partial charge in [0, 0.05) is 0 Å². The molecule has 0 bridgehead atoms. The highest BCUT2D eigenvalue weighted by Crippen LogP contribution is 2.52. The summed E-state index contributed by atoms with van der Waals surface area (Å²) in [6.07, 6.45) is 4.11. The zero-order chi connectivity index (χ0) is 13.5. The molecule has 2 aliphatic rings. The number of aliphatic hydroxyl groups is 1. The van der Waals surface area contributed by atoms with Gasteiger partial charge >= 0.3 is 0 Å². The van der Waals surface area contributed by atoms with Gasteiger partial charge in [-0.05, 0) is 42.2 Å². The molecule has 4 atom stereocenters. The van der Waals surface area contributed by atoms with Crippen LogP contribution >= 0.6 is 0 Å². The molecular formula is C15H20O3. The molecule has 1 N–H and O–H groups in total. The molecule has 2 aliphatic carbocycles. The van der Waals surface area contributed by atoms with Crippen LogP contribution in [0.5, 0.6) is 0 Å². The molecule has 98 valence electrons. The monoisotopic (exact) mass is 248 g/mol. The number of hydrogen-bond acceptors (Lipinski definition) is 3. The van der Waals surface area contributed by atoms with Crippen molar-refractivity contribution in [3.05, 3.63) is 23.8 Å². The normalized spacial score (nSPS) is 39.8. The number of fused-ring (bicyclic) bond motifs is 1. The van der Waals surface area contributed by atoms with Gasteiger partial charge in [0.05, 0.1) is 12.0 Å². The number of carbonyl (C=O) groups is 2. The number of aldehydes is 1. The molecule has 1 fully saturated rings. The van der Waals surface area contributed by atoms with Crippen molar-refractivity contribution in [2.45, 2.75) is 39.2 Å². The van der Waals surface area contributed by atoms with E-state index in [1.54, 1.807) is 6.08 Å². The number of aliphatic hydroxyl groups excluding tert-OH is 1. The molecule has 0 saturated heterocycles. The minimum atomic E-state index is -0.413. The number of rotatable bonds is 2. The fraction of sp³-hybridized carbons (Fsp3) is 0.600. The second-order valence-electron chi connectivity index (χ2n) is 5.83. The van der Waals surface area contributed by atoms with E-state index in [9.17, 15) is 14.7 Å². The van der Waals surface area contributed by atoms with E-state index in [1.807, 2.05) is 6.92 Å². The van der Waals surface area contributed by atoms with Crippen molar-refractivity contribution in [2.75, 3.05) is 0 Å². The first-order valence-corrected chi connectivity index (χ1v) is 6.47. The van der Waals surface area contributed by atoms with E-state index in [2.05, 4.69) is 13.5 Å². The first-order valence-electron chi connectivity index (χ1n) is 6.47. The van der Waals surface area contributed by atoms with Crippen LogP contribution in [0.15, 0.2) is 23.8 Å². The Hall–Kier alpha value is -1.22. The summed E-state index contributed by atoms with van der Waals surface area (Å²) in [5.74, 6) is -0.320. The van der Waals surface area contributed by atoms with Gasteiger partial charge in [-0.15, -0.1) is 0 Å². The third kappa shape index (κ3) is 1.87. The van der Waals surface area contributed by atoms with E-state index >= 15 is 0 Å². The zero-order valence-electron chi connectivity index (χ0n) is 11.0. The van der Waals surface area contributed by atoms with E-state index in [4.69, 9.17) is 0 Å². The van der Waals surface area contributed by atoms with Crippen LogP contribution < -0.4 is 0 Å². The summed E-state index contributed by atoms with van der Waals surface area (Å²) in [7, 11) is 0. The van der Waals surface area contributed by atoms with Crippen molar-refractivity contribution >= 4 is 12.1 Å². The summed E-state index contributed by atoms with van der Waals surface area (Å²) in [6.45, 7) is 7.79. The number of ketones is 1. The van der Waals surface area contributed by atoms with Gasteiger partial charge in [-0.3, -0.25) is 9.59 Å². The highest BCUT2D eigenvalue weighted by atomic mass is 16.3. The maximum atomic E-state index is 12.0. The van der Waals surface area contributed by atoms with Gasteiger partial charge in [-0.2, -0.15) is 0 Å². The predicted octanol–water partition coefficient (Wildman–Crippen LogP) is 2.05. The SMILES string of the molecule is C=C(C=O)[C@@H]1C[C@@]2(C)C(=CC1=O)CC[C@@H](O)[C@@H]2C. The van der Waals surface area contributed by atoms with E-state index in [1.165, 1.54) is 0 Å². The van der Waals surface area contributed by atoms with Crippen LogP contribution in [0.4, 0.5) is 0 Å². The van der Waals surface area contributed by atoms with E-state index in [0.29, 0.717) is 18.3 Å². The maximum Gasteiger partial charge on any atom is 0.163 e. The van der Waals surface area contributed by atoms with Crippen LogP contribution in [-0.2, 0) is 9.59 Å². The minimum absolute atomic E-state index is 0.0110. The summed E-state index contributed by atoms with van der Waals surface area (Å²) in [6, 6.07) is 0. The van der Waals surface area contributed by atoms with Gasteiger partial charge in [0.2, 0.25) is 0 Å². The molecule has 18 heavy (non-hydrogen) atoms. The molecule has 0 aromatic carbocycles. The topological polar surface area (TPSA) is 54.4 Å². The van der Waals surface area contributed by atoms with Gasteiger partial charge in [-0.25, -0.2) is 0 Å². The van der Waals surface area contributed by atoms with Gasteiger partial charge < -0.3 is 5.11 Å². The first-order chi connectivity index (χ1) is 8.40. The molecule has 3 heteroatoms. The van der Waals surface area contributed by atoms with Crippen molar-refractivity contribution in [1.82, 2.24) is 0 Å². The zero-order valence-corrected chi connectivity index (χ0v) is 11.0. The van der Waals surface area contributed by atoms with Crippen molar-refractivity contribution in [2.24, 2.45) is 17.3 Å². The Morgan fingerprint density at radius 2 is 2.28 bits per heavy atom. The third-order valence-electron chi connectivity index (χ3n) is 4.91. The molecule has 2 rings (SSSR count). The molecule has 0 heterocycles. The highest BCUT2D eigenvalue weighted by Gasteiger charge is 2.47. The summed E-state index contributed by atoms with van der Waals surface area (Å²) in [5, 5.41) is 10.0. The van der Waals surface area contributed by atoms with Gasteiger partial charge in [0.1, 0.15) is 6.29 Å². The summed E-state index contributed by atoms with van der Waals surface area (Å²) >= 11 is 0. The fourth-order valence-electron chi connectivity index (χ4n) is 3.30. The van der Waals surface area contributed by atoms with Crippen molar-refractivity contribution in [3.63, 3.8) is 0 Å². The van der Waals surface area contributed by atoms with Crippen molar-refractivity contribution in [3.8, 4) is 0 Å². The summed E-state index contributed by atoms with van der Waals surface area (Å²) in [4.78, 5) is 22.9. The van der Waals surface area contributed by atoms with Crippen LogP contribution in [-0.4, -0.2) is 23.3 Å². The largest absolute Gasteiger partial charge is 0.393 e. The van der Waals surface area contributed by atoms with Crippen molar-refractivity contribution in [1.29, 1.82) is 0 Å². The first kappa shape index (κ1) is 13.2. The Balaban J connectivity index is 2.39. The summed E-state index contributed by atoms with van der Waals surface area (Å²) in [5.41, 5.74) is 1.28. The smallest absolute Gasteiger partial charge is 0.163 e. The molecule has 1 saturated carbocycles. The molecule has 0 amide bonds. The van der Waals surface area contributed by atoms with Gasteiger partial charge in [-0.1, -0.05) is 26.0 Å². The standard InChI is InChI=1S/C15H20O3/c1-9(8-16)12-7-15(3)10(2)13(17)5-4-11(15)6-14(12)18/h6,8,10,12-13,17H,1,4-5,7H2,2-3H3/t10-,12-,13+,15+/m0/s1. The third-order valence-corrected chi connectivity index (χ3v) is 4.91. The predicted molar refractivity (Wildman–Crippen MR) is 68.9 cm³/mol. The van der Waals surface area contributed by atoms with E-state index in [-0.39, 0.29) is 23.2 Å². The van der Waals surface area contributed by atoms with Crippen LogP contribution in [0.25, 0.3) is 0 Å². The lowest BCUT2D eigenvalue weighted by Gasteiger charge is -2.48. The van der Waals surface area contributed by atoms with Gasteiger partial charge in [0.25, 0.3) is 0 Å². The number of allylic oxidation sites excluding steroid dienone is 3. The van der Waals surface area contributed by atoms with Gasteiger partial charge in [0.15, 0.2) is 5.78 Å². The molecule has 0 radical (unpaired) electrons. The molecular weight excluding hydrogens is 228 g/mol. The quantitative estimate of drug-likeness (QED) is 0.601. The summed E-state index contributed by atoms with van der Waals surface area (Å²) < 4.78 is 0. The molecule has 0 aromatic rings. The minimum Gasteiger partial charge on any atom is -0.393 e. The lowest BCUT2D eigenvalue weighted by atomic mass is 9.57. The Labute approximate surface area is 108 Å². The van der Waals surface area contributed by atoms with Crippen LogP contribution in [0.2, 0.25) is 0 Å². The van der Waals surface area contributed by atoms with Crippen molar-refractivity contribution < 1.29 is 14.7 Å². The number of carbonyl (C=O) groups excluding carboxylic acids is 2. The average Bonchev–Trinajstić information content (AvgIpc) is 2.35. The second-order valence-corrected chi connectivity index (χ2v) is 5.83. The highest BCUT2D eigenvalue weighted by molar-refractivity contribution is 5.99. The van der Waals surface area contributed by atoms with Crippen LogP contribution in [0.1, 0.15) is 33.1 Å². The average molecular weight is 248 g/mol. The Morgan fingerprint density at radius 1 is 1.61 bits per heavy atom. The Kier molecular flexibility index (Phi) is 3.28. The van der Waals surface area contributed by atoms with Crippen LogP contribution in [0.3, 0.4) is 0 Å². The molecule has 0 aromatic heterocycles. The number of hydrogen-bond donors (Lipinski definition) is 1. The van der Waals surface area contributed by atoms with E-state index in [0.717, 1.165) is 18.4 Å². The maximum absolute atomic E-state index is 12.0. The molecule has 0 spiro atoms. The Bertz CT molecular complexity index is 435. The van der Waals surface area contributed by atoms with E-state index < -0.39 is 5.92 Å². The Morgan fingerprint density at radius 3 is 2.89 bits per heavy atom.